The number of nitrogens with one attached hydrogen (secondary N) is 2. The van der Waals surface area contributed by atoms with Crippen LogP contribution in [-0.4, -0.2) is 30.9 Å². The van der Waals surface area contributed by atoms with E-state index in [4.69, 9.17) is 0 Å². The SMILES string of the molecule is CC(C)(C)n1cc(C(=O)Nc2nc3ccc(C(F)(F)F)cc3[nH]2)nn1. The number of carbonyl (C=O) groups is 1. The summed E-state index contributed by atoms with van der Waals surface area (Å²) in [5, 5.41) is 10.1. The Labute approximate surface area is 140 Å². The van der Waals surface area contributed by atoms with Gasteiger partial charge in [0.1, 0.15) is 0 Å². The van der Waals surface area contributed by atoms with Crippen LogP contribution in [0.2, 0.25) is 0 Å². The molecule has 0 aliphatic carbocycles. The van der Waals surface area contributed by atoms with Gasteiger partial charge in [-0.1, -0.05) is 5.21 Å². The number of halogens is 3. The third kappa shape index (κ3) is 3.47. The number of carbonyl (C=O) groups excluding carboxylic acids is 1. The number of amides is 1. The van der Waals surface area contributed by atoms with Crippen molar-refractivity contribution in [3.05, 3.63) is 35.7 Å². The van der Waals surface area contributed by atoms with Gasteiger partial charge in [-0.2, -0.15) is 13.2 Å². The van der Waals surface area contributed by atoms with E-state index in [1.807, 2.05) is 20.8 Å². The van der Waals surface area contributed by atoms with Crippen LogP contribution in [0.3, 0.4) is 0 Å². The number of H-pyrrole nitrogens is 1. The van der Waals surface area contributed by atoms with E-state index in [2.05, 4.69) is 25.6 Å². The Kier molecular flexibility index (Phi) is 3.77. The molecule has 0 radical (unpaired) electrons. The van der Waals surface area contributed by atoms with Crippen molar-refractivity contribution in [3.8, 4) is 0 Å². The Bertz CT molecular complexity index is 935. The molecule has 0 saturated carbocycles. The van der Waals surface area contributed by atoms with Crippen LogP contribution in [0.5, 0.6) is 0 Å². The highest BCUT2D eigenvalue weighted by molar-refractivity contribution is 6.02. The van der Waals surface area contributed by atoms with Crippen molar-refractivity contribution in [2.75, 3.05) is 5.32 Å². The lowest BCUT2D eigenvalue weighted by molar-refractivity contribution is -0.137. The molecular formula is C15H15F3N6O. The van der Waals surface area contributed by atoms with Crippen LogP contribution in [0.4, 0.5) is 19.1 Å². The third-order valence-electron chi connectivity index (χ3n) is 3.45. The third-order valence-corrected chi connectivity index (χ3v) is 3.45. The van der Waals surface area contributed by atoms with Crippen molar-refractivity contribution in [1.82, 2.24) is 25.0 Å². The van der Waals surface area contributed by atoms with Gasteiger partial charge in [0.2, 0.25) is 5.95 Å². The smallest absolute Gasteiger partial charge is 0.324 e. The van der Waals surface area contributed by atoms with E-state index in [1.165, 1.54) is 16.9 Å². The van der Waals surface area contributed by atoms with E-state index in [1.54, 1.807) is 0 Å². The Balaban J connectivity index is 1.83. The number of aromatic nitrogens is 5. The fourth-order valence-corrected chi connectivity index (χ4v) is 2.11. The Morgan fingerprint density at radius 3 is 2.56 bits per heavy atom. The van der Waals surface area contributed by atoms with Crippen molar-refractivity contribution in [2.24, 2.45) is 0 Å². The molecule has 3 aromatic rings. The summed E-state index contributed by atoms with van der Waals surface area (Å²) in [6.45, 7) is 5.71. The summed E-state index contributed by atoms with van der Waals surface area (Å²) in [6, 6.07) is 3.11. The molecule has 2 aromatic heterocycles. The van der Waals surface area contributed by atoms with E-state index in [9.17, 15) is 18.0 Å². The zero-order chi connectivity index (χ0) is 18.4. The summed E-state index contributed by atoms with van der Waals surface area (Å²) in [7, 11) is 0. The Hall–Kier alpha value is -2.91. The molecule has 0 fully saturated rings. The molecule has 0 bridgehead atoms. The second-order valence-electron chi connectivity index (χ2n) is 6.49. The molecule has 132 valence electrons. The molecule has 1 amide bonds. The van der Waals surface area contributed by atoms with Crippen LogP contribution in [0.15, 0.2) is 24.4 Å². The number of aromatic amines is 1. The van der Waals surface area contributed by atoms with Gasteiger partial charge >= 0.3 is 6.18 Å². The number of benzene rings is 1. The monoisotopic (exact) mass is 352 g/mol. The molecule has 0 saturated heterocycles. The molecule has 0 aliphatic rings. The molecule has 1 aromatic carbocycles. The molecule has 2 N–H and O–H groups in total. The van der Waals surface area contributed by atoms with Crippen molar-refractivity contribution in [1.29, 1.82) is 0 Å². The van der Waals surface area contributed by atoms with Crippen LogP contribution >= 0.6 is 0 Å². The van der Waals surface area contributed by atoms with Gasteiger partial charge < -0.3 is 4.98 Å². The molecule has 0 atom stereocenters. The van der Waals surface area contributed by atoms with Gasteiger partial charge in [0.15, 0.2) is 5.69 Å². The van der Waals surface area contributed by atoms with Gasteiger partial charge in [0.05, 0.1) is 28.3 Å². The largest absolute Gasteiger partial charge is 0.416 e. The molecule has 3 rings (SSSR count). The second-order valence-corrected chi connectivity index (χ2v) is 6.49. The van der Waals surface area contributed by atoms with E-state index in [0.717, 1.165) is 12.1 Å². The number of fused-ring (bicyclic) bond motifs is 1. The average Bonchev–Trinajstić information content (AvgIpc) is 3.11. The number of hydrogen-bond acceptors (Lipinski definition) is 4. The minimum absolute atomic E-state index is 0.0321. The first-order valence-electron chi connectivity index (χ1n) is 7.35. The standard InChI is InChI=1S/C15H15F3N6O/c1-14(2,3)24-7-11(22-23-24)12(25)21-13-19-9-5-4-8(15(16,17)18)6-10(9)20-13/h4-7H,1-3H3,(H2,19,20,21,25). The van der Waals surface area contributed by atoms with Gasteiger partial charge in [-0.15, -0.1) is 5.10 Å². The first kappa shape index (κ1) is 16.9. The summed E-state index contributed by atoms with van der Waals surface area (Å²) in [6.07, 6.45) is -2.96. The maximum absolute atomic E-state index is 12.7. The Morgan fingerprint density at radius 2 is 1.96 bits per heavy atom. The van der Waals surface area contributed by atoms with Crippen LogP contribution in [-0.2, 0) is 11.7 Å². The summed E-state index contributed by atoms with van der Waals surface area (Å²) in [4.78, 5) is 18.9. The highest BCUT2D eigenvalue weighted by atomic mass is 19.4. The van der Waals surface area contributed by atoms with Crippen molar-refractivity contribution in [2.45, 2.75) is 32.5 Å². The van der Waals surface area contributed by atoms with Crippen LogP contribution in [0, 0.1) is 0 Å². The quantitative estimate of drug-likeness (QED) is 0.741. The summed E-state index contributed by atoms with van der Waals surface area (Å²) in [5.74, 6) is -0.532. The number of rotatable bonds is 2. The van der Waals surface area contributed by atoms with E-state index in [-0.39, 0.29) is 22.7 Å². The van der Waals surface area contributed by atoms with Gasteiger partial charge in [-0.25, -0.2) is 9.67 Å². The minimum Gasteiger partial charge on any atom is -0.324 e. The van der Waals surface area contributed by atoms with E-state index < -0.39 is 17.6 Å². The fourth-order valence-electron chi connectivity index (χ4n) is 2.11. The maximum Gasteiger partial charge on any atom is 0.416 e. The molecule has 0 unspecified atom stereocenters. The van der Waals surface area contributed by atoms with E-state index in [0.29, 0.717) is 5.52 Å². The molecule has 0 spiro atoms. The highest BCUT2D eigenvalue weighted by Crippen LogP contribution is 2.31. The van der Waals surface area contributed by atoms with Crippen molar-refractivity contribution >= 4 is 22.9 Å². The lowest BCUT2D eigenvalue weighted by atomic mass is 10.1. The molecule has 2 heterocycles. The number of hydrogen-bond donors (Lipinski definition) is 2. The predicted octanol–water partition coefficient (Wildman–Crippen LogP) is 3.18. The average molecular weight is 352 g/mol. The Morgan fingerprint density at radius 1 is 1.24 bits per heavy atom. The number of alkyl halides is 3. The molecular weight excluding hydrogens is 337 g/mol. The van der Waals surface area contributed by atoms with Crippen LogP contribution in [0.1, 0.15) is 36.8 Å². The molecule has 10 heteroatoms. The maximum atomic E-state index is 12.7. The van der Waals surface area contributed by atoms with Gasteiger partial charge in [0, 0.05) is 0 Å². The highest BCUT2D eigenvalue weighted by Gasteiger charge is 2.30. The zero-order valence-electron chi connectivity index (χ0n) is 13.6. The number of imidazole rings is 1. The normalized spacial score (nSPS) is 12.6. The van der Waals surface area contributed by atoms with Crippen molar-refractivity contribution < 1.29 is 18.0 Å². The van der Waals surface area contributed by atoms with Crippen LogP contribution < -0.4 is 5.32 Å². The minimum atomic E-state index is -4.45. The van der Waals surface area contributed by atoms with Gasteiger partial charge in [-0.05, 0) is 39.0 Å². The first-order chi connectivity index (χ1) is 11.5. The zero-order valence-corrected chi connectivity index (χ0v) is 13.6. The summed E-state index contributed by atoms with van der Waals surface area (Å²) in [5.41, 5.74) is -0.579. The van der Waals surface area contributed by atoms with E-state index >= 15 is 0 Å². The fraction of sp³-hybridized carbons (Fsp3) is 0.333. The van der Waals surface area contributed by atoms with Gasteiger partial charge in [-0.3, -0.25) is 10.1 Å². The lowest BCUT2D eigenvalue weighted by Gasteiger charge is -2.17. The molecule has 0 aliphatic heterocycles. The van der Waals surface area contributed by atoms with Crippen LogP contribution in [0.25, 0.3) is 11.0 Å². The molecule has 25 heavy (non-hydrogen) atoms. The van der Waals surface area contributed by atoms with Gasteiger partial charge in [0.25, 0.3) is 5.91 Å². The summed E-state index contributed by atoms with van der Waals surface area (Å²) < 4.78 is 39.7. The first-order valence-corrected chi connectivity index (χ1v) is 7.35. The number of nitrogens with zero attached hydrogens (tertiary/aromatic N) is 4. The topological polar surface area (TPSA) is 88.5 Å². The van der Waals surface area contributed by atoms with Crippen molar-refractivity contribution in [3.63, 3.8) is 0 Å². The lowest BCUT2D eigenvalue weighted by Crippen LogP contribution is -2.22. The number of anilines is 1. The second kappa shape index (κ2) is 5.57. The summed E-state index contributed by atoms with van der Waals surface area (Å²) >= 11 is 0. The molecule has 7 nitrogen and oxygen atoms in total. The predicted molar refractivity (Wildman–Crippen MR) is 84.1 cm³/mol.